The molecule has 6 rings (SSSR count). The van der Waals surface area contributed by atoms with Gasteiger partial charge in [-0.1, -0.05) is 84.4 Å². The van der Waals surface area contributed by atoms with Crippen molar-refractivity contribution in [2.75, 3.05) is 0 Å². The Morgan fingerprint density at radius 2 is 1.33 bits per heavy atom. The molecular formula is C28H17ClN2O2. The Bertz CT molecular complexity index is 1720. The Balaban J connectivity index is 1.76. The summed E-state index contributed by atoms with van der Waals surface area (Å²) < 4.78 is 2.15. The van der Waals surface area contributed by atoms with Crippen molar-refractivity contribution in [2.24, 2.45) is 0 Å². The van der Waals surface area contributed by atoms with Crippen LogP contribution in [0.1, 0.15) is 0 Å². The van der Waals surface area contributed by atoms with Gasteiger partial charge in [0.15, 0.2) is 0 Å². The molecule has 4 nitrogen and oxygen atoms in total. The van der Waals surface area contributed by atoms with E-state index in [4.69, 9.17) is 11.6 Å². The minimum absolute atomic E-state index is 0.0885. The molecule has 0 aliphatic rings. The molecule has 1 heterocycles. The molecule has 0 N–H and O–H groups in total. The Morgan fingerprint density at radius 1 is 0.667 bits per heavy atom. The summed E-state index contributed by atoms with van der Waals surface area (Å²) in [5, 5.41) is 16.5. The molecule has 33 heavy (non-hydrogen) atoms. The first-order chi connectivity index (χ1) is 16.1. The largest absolute Gasteiger partial charge is 0.308 e. The van der Waals surface area contributed by atoms with E-state index in [2.05, 4.69) is 22.8 Å². The van der Waals surface area contributed by atoms with E-state index in [1.54, 1.807) is 12.1 Å². The maximum Gasteiger partial charge on any atom is 0.277 e. The van der Waals surface area contributed by atoms with Crippen molar-refractivity contribution in [3.8, 4) is 16.8 Å². The summed E-state index contributed by atoms with van der Waals surface area (Å²) in [4.78, 5) is 11.4. The molecule has 0 saturated carbocycles. The van der Waals surface area contributed by atoms with Gasteiger partial charge in [-0.15, -0.1) is 0 Å². The minimum atomic E-state index is -0.326. The SMILES string of the molecule is O=[N+]([O-])c1ccccc1-c1cccc2c1c1ccccc1n2-c1ccc2ccccc2c1Cl. The van der Waals surface area contributed by atoms with Crippen molar-refractivity contribution in [2.45, 2.75) is 0 Å². The molecule has 0 atom stereocenters. The molecular weight excluding hydrogens is 432 g/mol. The molecule has 0 aliphatic heterocycles. The summed E-state index contributed by atoms with van der Waals surface area (Å²) in [6, 6.07) is 33.1. The molecule has 0 bridgehead atoms. The Kier molecular flexibility index (Phi) is 4.42. The van der Waals surface area contributed by atoms with Gasteiger partial charge in [0.2, 0.25) is 0 Å². The van der Waals surface area contributed by atoms with Crippen LogP contribution < -0.4 is 0 Å². The van der Waals surface area contributed by atoms with E-state index in [0.717, 1.165) is 43.8 Å². The lowest BCUT2D eigenvalue weighted by Gasteiger charge is -2.12. The van der Waals surface area contributed by atoms with Gasteiger partial charge in [0.1, 0.15) is 0 Å². The molecule has 0 radical (unpaired) electrons. The molecule has 5 aromatic carbocycles. The van der Waals surface area contributed by atoms with Crippen LogP contribution in [-0.2, 0) is 0 Å². The van der Waals surface area contributed by atoms with Gasteiger partial charge in [-0.2, -0.15) is 0 Å². The van der Waals surface area contributed by atoms with Crippen molar-refractivity contribution in [3.63, 3.8) is 0 Å². The Morgan fingerprint density at radius 3 is 2.18 bits per heavy atom. The van der Waals surface area contributed by atoms with Gasteiger partial charge in [-0.25, -0.2) is 0 Å². The van der Waals surface area contributed by atoms with E-state index in [1.165, 1.54) is 0 Å². The Labute approximate surface area is 194 Å². The van der Waals surface area contributed by atoms with Crippen molar-refractivity contribution in [1.82, 2.24) is 4.57 Å². The molecule has 6 aromatic rings. The number of hydrogen-bond donors (Lipinski definition) is 0. The molecule has 5 heteroatoms. The highest BCUT2D eigenvalue weighted by Crippen LogP contribution is 2.42. The summed E-state index contributed by atoms with van der Waals surface area (Å²) in [5.74, 6) is 0. The predicted octanol–water partition coefficient (Wildman–Crippen LogP) is 8.17. The highest BCUT2D eigenvalue weighted by Gasteiger charge is 2.21. The lowest BCUT2D eigenvalue weighted by Crippen LogP contribution is -1.96. The zero-order valence-electron chi connectivity index (χ0n) is 17.4. The van der Waals surface area contributed by atoms with E-state index in [9.17, 15) is 10.1 Å². The summed E-state index contributed by atoms with van der Waals surface area (Å²) in [7, 11) is 0. The van der Waals surface area contributed by atoms with Crippen LogP contribution >= 0.6 is 11.6 Å². The second kappa shape index (κ2) is 7.47. The van der Waals surface area contributed by atoms with Crippen LogP contribution in [0.5, 0.6) is 0 Å². The monoisotopic (exact) mass is 448 g/mol. The van der Waals surface area contributed by atoms with E-state index in [1.807, 2.05) is 72.8 Å². The standard InChI is InChI=1S/C28H17ClN2O2/c29-28-19-9-2-1-8-18(19)16-17-26(28)30-23-13-5-4-11-22(23)27-21(12-7-15-25(27)30)20-10-3-6-14-24(20)31(32)33/h1-17H. The van der Waals surface area contributed by atoms with Gasteiger partial charge in [0.05, 0.1) is 32.2 Å². The Hall–Kier alpha value is -4.15. The van der Waals surface area contributed by atoms with Gasteiger partial charge in [-0.3, -0.25) is 10.1 Å². The number of aromatic nitrogens is 1. The van der Waals surface area contributed by atoms with Crippen LogP contribution in [-0.4, -0.2) is 9.49 Å². The maximum absolute atomic E-state index is 11.8. The number of hydrogen-bond acceptors (Lipinski definition) is 2. The second-order valence-corrected chi connectivity index (χ2v) is 8.32. The van der Waals surface area contributed by atoms with E-state index >= 15 is 0 Å². The van der Waals surface area contributed by atoms with Gasteiger partial charge in [-0.05, 0) is 35.2 Å². The summed E-state index contributed by atoms with van der Waals surface area (Å²) in [6.07, 6.45) is 0. The third-order valence-corrected chi connectivity index (χ3v) is 6.57. The van der Waals surface area contributed by atoms with E-state index in [0.29, 0.717) is 10.6 Å². The third-order valence-electron chi connectivity index (χ3n) is 6.17. The zero-order chi connectivity index (χ0) is 22.5. The maximum atomic E-state index is 11.8. The first-order valence-corrected chi connectivity index (χ1v) is 11.0. The number of halogens is 1. The molecule has 0 saturated heterocycles. The first kappa shape index (κ1) is 19.5. The molecule has 0 spiro atoms. The predicted molar refractivity (Wildman–Crippen MR) is 135 cm³/mol. The van der Waals surface area contributed by atoms with Crippen molar-refractivity contribution in [3.05, 3.63) is 118 Å². The third kappa shape index (κ3) is 2.92. The molecule has 0 unspecified atom stereocenters. The molecule has 158 valence electrons. The number of nitrogens with zero attached hydrogens (tertiary/aromatic N) is 2. The lowest BCUT2D eigenvalue weighted by atomic mass is 9.98. The van der Waals surface area contributed by atoms with Crippen LogP contribution in [0.3, 0.4) is 0 Å². The smallest absolute Gasteiger partial charge is 0.277 e. The highest BCUT2D eigenvalue weighted by atomic mass is 35.5. The molecule has 0 aliphatic carbocycles. The summed E-state index contributed by atoms with van der Waals surface area (Å²) in [5.41, 5.74) is 4.33. The number of benzene rings is 5. The average molecular weight is 449 g/mol. The van der Waals surface area contributed by atoms with Gasteiger partial charge in [0.25, 0.3) is 5.69 Å². The van der Waals surface area contributed by atoms with Crippen LogP contribution in [0.4, 0.5) is 5.69 Å². The fourth-order valence-corrected chi connectivity index (χ4v) is 5.08. The highest BCUT2D eigenvalue weighted by molar-refractivity contribution is 6.37. The number of nitro benzene ring substituents is 1. The van der Waals surface area contributed by atoms with Crippen LogP contribution in [0.15, 0.2) is 103 Å². The fraction of sp³-hybridized carbons (Fsp3) is 0. The van der Waals surface area contributed by atoms with Gasteiger partial charge >= 0.3 is 0 Å². The zero-order valence-corrected chi connectivity index (χ0v) is 18.2. The van der Waals surface area contributed by atoms with Crippen LogP contribution in [0, 0.1) is 10.1 Å². The molecule has 0 fully saturated rings. The summed E-state index contributed by atoms with van der Waals surface area (Å²) >= 11 is 6.95. The second-order valence-electron chi connectivity index (χ2n) is 7.95. The van der Waals surface area contributed by atoms with Crippen molar-refractivity contribution in [1.29, 1.82) is 0 Å². The number of rotatable bonds is 3. The normalized spacial score (nSPS) is 11.4. The van der Waals surface area contributed by atoms with Crippen molar-refractivity contribution >= 4 is 49.9 Å². The first-order valence-electron chi connectivity index (χ1n) is 10.6. The molecule has 1 aromatic heterocycles. The number of fused-ring (bicyclic) bond motifs is 4. The van der Waals surface area contributed by atoms with Crippen molar-refractivity contribution < 1.29 is 4.92 Å². The van der Waals surface area contributed by atoms with Gasteiger partial charge in [0, 0.05) is 22.2 Å². The van der Waals surface area contributed by atoms with E-state index < -0.39 is 0 Å². The number of para-hydroxylation sites is 2. The van der Waals surface area contributed by atoms with Crippen LogP contribution in [0.2, 0.25) is 5.02 Å². The van der Waals surface area contributed by atoms with Gasteiger partial charge < -0.3 is 4.57 Å². The molecule has 0 amide bonds. The minimum Gasteiger partial charge on any atom is -0.308 e. The lowest BCUT2D eigenvalue weighted by molar-refractivity contribution is -0.384. The number of nitro groups is 1. The average Bonchev–Trinajstić information content (AvgIpc) is 3.19. The topological polar surface area (TPSA) is 48.1 Å². The van der Waals surface area contributed by atoms with E-state index in [-0.39, 0.29) is 10.6 Å². The van der Waals surface area contributed by atoms with Crippen LogP contribution in [0.25, 0.3) is 49.4 Å². The quantitative estimate of drug-likeness (QED) is 0.202. The fourth-order valence-electron chi connectivity index (χ4n) is 4.76. The summed E-state index contributed by atoms with van der Waals surface area (Å²) in [6.45, 7) is 0.